The fourth-order valence-corrected chi connectivity index (χ4v) is 3.31. The molecule has 1 atom stereocenters. The van der Waals surface area contributed by atoms with Crippen LogP contribution in [-0.4, -0.2) is 19.3 Å². The van der Waals surface area contributed by atoms with Crippen LogP contribution in [-0.2, 0) is 0 Å². The number of hydrogen-bond acceptors (Lipinski definition) is 2. The van der Waals surface area contributed by atoms with Gasteiger partial charge in [-0.15, -0.1) is 11.8 Å². The average molecular weight is 214 g/mol. The summed E-state index contributed by atoms with van der Waals surface area (Å²) in [5, 5.41) is 4.12. The number of rotatable bonds is 2. The third-order valence-electron chi connectivity index (χ3n) is 2.32. The minimum absolute atomic E-state index is 0.628. The maximum atomic E-state index is 6.09. The fourth-order valence-electron chi connectivity index (χ4n) is 1.69. The van der Waals surface area contributed by atoms with E-state index in [2.05, 4.69) is 11.4 Å². The molecule has 0 aromatic heterocycles. The van der Waals surface area contributed by atoms with Crippen LogP contribution in [0.15, 0.2) is 23.1 Å². The Morgan fingerprint density at radius 1 is 1.62 bits per heavy atom. The lowest BCUT2D eigenvalue weighted by molar-refractivity contribution is 0.687. The minimum Gasteiger partial charge on any atom is -0.319 e. The van der Waals surface area contributed by atoms with Crippen LogP contribution >= 0.6 is 23.4 Å². The number of likely N-dealkylation sites (N-methyl/N-ethyl adjacent to an activating group) is 1. The van der Waals surface area contributed by atoms with Crippen LogP contribution in [0.3, 0.4) is 0 Å². The lowest BCUT2D eigenvalue weighted by Crippen LogP contribution is -2.16. The Balaban J connectivity index is 2.32. The van der Waals surface area contributed by atoms with E-state index in [4.69, 9.17) is 11.6 Å². The van der Waals surface area contributed by atoms with Gasteiger partial charge in [-0.2, -0.15) is 0 Å². The second kappa shape index (κ2) is 3.91. The Morgan fingerprint density at radius 2 is 2.46 bits per heavy atom. The minimum atomic E-state index is 0.628. The van der Waals surface area contributed by atoms with Gasteiger partial charge in [0.25, 0.3) is 0 Å². The maximum Gasteiger partial charge on any atom is 0.0544 e. The van der Waals surface area contributed by atoms with E-state index in [-0.39, 0.29) is 0 Å². The number of halogens is 1. The van der Waals surface area contributed by atoms with Gasteiger partial charge >= 0.3 is 0 Å². The molecule has 0 saturated heterocycles. The van der Waals surface area contributed by atoms with Crippen LogP contribution in [0.4, 0.5) is 0 Å². The molecule has 2 rings (SSSR count). The predicted octanol–water partition coefficient (Wildman–Crippen LogP) is 2.75. The first-order valence-electron chi connectivity index (χ1n) is 4.38. The molecule has 1 nitrogen and oxygen atoms in total. The van der Waals surface area contributed by atoms with Gasteiger partial charge in [0.15, 0.2) is 0 Å². The molecule has 1 aromatic carbocycles. The van der Waals surface area contributed by atoms with Crippen molar-refractivity contribution in [1.82, 2.24) is 5.32 Å². The molecule has 0 amide bonds. The van der Waals surface area contributed by atoms with Crippen molar-refractivity contribution in [3.05, 3.63) is 28.8 Å². The summed E-state index contributed by atoms with van der Waals surface area (Å²) in [5.74, 6) is 1.78. The van der Waals surface area contributed by atoms with Crippen molar-refractivity contribution in [2.75, 3.05) is 19.3 Å². The van der Waals surface area contributed by atoms with Gasteiger partial charge in [0.1, 0.15) is 0 Å². The lowest BCUT2D eigenvalue weighted by atomic mass is 10.0. The van der Waals surface area contributed by atoms with E-state index >= 15 is 0 Å². The van der Waals surface area contributed by atoms with Crippen LogP contribution in [0.1, 0.15) is 11.5 Å². The Labute approximate surface area is 87.9 Å². The molecule has 3 heteroatoms. The molecular weight excluding hydrogens is 202 g/mol. The first-order valence-corrected chi connectivity index (χ1v) is 5.75. The van der Waals surface area contributed by atoms with Gasteiger partial charge in [-0.25, -0.2) is 0 Å². The van der Waals surface area contributed by atoms with E-state index in [1.807, 2.05) is 30.9 Å². The molecule has 0 spiro atoms. The zero-order valence-corrected chi connectivity index (χ0v) is 9.08. The highest BCUT2D eigenvalue weighted by Gasteiger charge is 2.23. The first kappa shape index (κ1) is 9.38. The van der Waals surface area contributed by atoms with Gasteiger partial charge in [0.05, 0.1) is 5.02 Å². The molecule has 1 N–H and O–H groups in total. The molecule has 0 saturated carbocycles. The number of fused-ring (bicyclic) bond motifs is 1. The molecule has 0 aliphatic carbocycles. The third kappa shape index (κ3) is 1.71. The molecule has 1 aromatic rings. The monoisotopic (exact) mass is 213 g/mol. The summed E-state index contributed by atoms with van der Waals surface area (Å²) < 4.78 is 0. The van der Waals surface area contributed by atoms with Gasteiger partial charge in [0, 0.05) is 23.1 Å². The summed E-state index contributed by atoms with van der Waals surface area (Å²) >= 11 is 7.96. The SMILES string of the molecule is CNCC1CSc2c(Cl)cccc21. The summed E-state index contributed by atoms with van der Waals surface area (Å²) in [6.07, 6.45) is 0. The zero-order chi connectivity index (χ0) is 9.26. The maximum absolute atomic E-state index is 6.09. The van der Waals surface area contributed by atoms with Gasteiger partial charge in [0.2, 0.25) is 0 Å². The molecule has 0 bridgehead atoms. The molecule has 13 heavy (non-hydrogen) atoms. The zero-order valence-electron chi connectivity index (χ0n) is 7.51. The van der Waals surface area contributed by atoms with Gasteiger partial charge in [-0.1, -0.05) is 23.7 Å². The summed E-state index contributed by atoms with van der Waals surface area (Å²) in [4.78, 5) is 1.28. The second-order valence-electron chi connectivity index (χ2n) is 3.22. The molecule has 0 radical (unpaired) electrons. The summed E-state index contributed by atoms with van der Waals surface area (Å²) in [6.45, 7) is 1.04. The molecule has 70 valence electrons. The highest BCUT2D eigenvalue weighted by molar-refractivity contribution is 7.99. The molecule has 1 heterocycles. The van der Waals surface area contributed by atoms with Gasteiger partial charge in [-0.05, 0) is 18.7 Å². The lowest BCUT2D eigenvalue weighted by Gasteiger charge is -2.09. The highest BCUT2D eigenvalue weighted by atomic mass is 35.5. The average Bonchev–Trinajstić information content (AvgIpc) is 2.51. The normalized spacial score (nSPS) is 20.3. The smallest absolute Gasteiger partial charge is 0.0544 e. The predicted molar refractivity (Wildman–Crippen MR) is 58.8 cm³/mol. The van der Waals surface area contributed by atoms with E-state index in [9.17, 15) is 0 Å². The topological polar surface area (TPSA) is 12.0 Å². The van der Waals surface area contributed by atoms with Crippen molar-refractivity contribution in [3.8, 4) is 0 Å². The standard InChI is InChI=1S/C10H12ClNS/c1-12-5-7-6-13-10-8(7)3-2-4-9(10)11/h2-4,7,12H,5-6H2,1H3. The van der Waals surface area contributed by atoms with Crippen molar-refractivity contribution in [2.45, 2.75) is 10.8 Å². The molecule has 1 aliphatic heterocycles. The molecule has 1 unspecified atom stereocenters. The number of thioether (sulfide) groups is 1. The van der Waals surface area contributed by atoms with Gasteiger partial charge in [-0.3, -0.25) is 0 Å². The Bertz CT molecular complexity index is 314. The van der Waals surface area contributed by atoms with E-state index < -0.39 is 0 Å². The molecule has 0 fully saturated rings. The van der Waals surface area contributed by atoms with Crippen LogP contribution < -0.4 is 5.32 Å². The van der Waals surface area contributed by atoms with Crippen molar-refractivity contribution >= 4 is 23.4 Å². The molecular formula is C10H12ClNS. The summed E-state index contributed by atoms with van der Waals surface area (Å²) in [7, 11) is 1.99. The highest BCUT2D eigenvalue weighted by Crippen LogP contribution is 2.42. The third-order valence-corrected chi connectivity index (χ3v) is 4.06. The van der Waals surface area contributed by atoms with Crippen molar-refractivity contribution < 1.29 is 0 Å². The van der Waals surface area contributed by atoms with E-state index in [0.717, 1.165) is 17.3 Å². The largest absolute Gasteiger partial charge is 0.319 e. The van der Waals surface area contributed by atoms with E-state index in [1.54, 1.807) is 0 Å². The van der Waals surface area contributed by atoms with Crippen LogP contribution in [0, 0.1) is 0 Å². The van der Waals surface area contributed by atoms with Crippen LogP contribution in [0.2, 0.25) is 5.02 Å². The quantitative estimate of drug-likeness (QED) is 0.811. The van der Waals surface area contributed by atoms with Crippen molar-refractivity contribution in [1.29, 1.82) is 0 Å². The number of nitrogens with one attached hydrogen (secondary N) is 1. The Kier molecular flexibility index (Phi) is 2.82. The van der Waals surface area contributed by atoms with Gasteiger partial charge < -0.3 is 5.32 Å². The molecule has 1 aliphatic rings. The summed E-state index contributed by atoms with van der Waals surface area (Å²) in [6, 6.07) is 6.19. The Morgan fingerprint density at radius 3 is 3.23 bits per heavy atom. The summed E-state index contributed by atoms with van der Waals surface area (Å²) in [5.41, 5.74) is 1.41. The van der Waals surface area contributed by atoms with Crippen molar-refractivity contribution in [3.63, 3.8) is 0 Å². The first-order chi connectivity index (χ1) is 6.33. The van der Waals surface area contributed by atoms with Crippen LogP contribution in [0.5, 0.6) is 0 Å². The number of hydrogen-bond donors (Lipinski definition) is 1. The van der Waals surface area contributed by atoms with Crippen LogP contribution in [0.25, 0.3) is 0 Å². The Hall–Kier alpha value is -0.180. The van der Waals surface area contributed by atoms with E-state index in [0.29, 0.717) is 5.92 Å². The number of benzene rings is 1. The fraction of sp³-hybridized carbons (Fsp3) is 0.400. The second-order valence-corrected chi connectivity index (χ2v) is 4.66. The van der Waals surface area contributed by atoms with E-state index in [1.165, 1.54) is 10.5 Å². The van der Waals surface area contributed by atoms with Crippen molar-refractivity contribution in [2.24, 2.45) is 0 Å².